The summed E-state index contributed by atoms with van der Waals surface area (Å²) in [5.74, 6) is 0. The molecule has 27 heavy (non-hydrogen) atoms. The molecule has 0 spiro atoms. The van der Waals surface area contributed by atoms with Crippen LogP contribution in [0, 0.1) is 0 Å². The van der Waals surface area contributed by atoms with E-state index in [1.807, 2.05) is 6.07 Å². The fourth-order valence-corrected chi connectivity index (χ4v) is 3.53. The Kier molecular flexibility index (Phi) is 16.2. The van der Waals surface area contributed by atoms with Gasteiger partial charge in [0.2, 0.25) is 0 Å². The van der Waals surface area contributed by atoms with Gasteiger partial charge in [-0.15, -0.1) is 0 Å². The Labute approximate surface area is 169 Å². The molecule has 0 unspecified atom stereocenters. The van der Waals surface area contributed by atoms with E-state index in [4.69, 9.17) is 4.74 Å². The van der Waals surface area contributed by atoms with Gasteiger partial charge < -0.3 is 4.74 Å². The largest absolute Gasteiger partial charge is 0.372 e. The van der Waals surface area contributed by atoms with Crippen LogP contribution in [0.2, 0.25) is 0 Å². The summed E-state index contributed by atoms with van der Waals surface area (Å²) >= 11 is 0. The Balaban J connectivity index is 1.77. The lowest BCUT2D eigenvalue weighted by Gasteiger charge is -2.07. The van der Waals surface area contributed by atoms with Gasteiger partial charge in [-0.3, -0.25) is 0 Å². The van der Waals surface area contributed by atoms with Gasteiger partial charge in [0.05, 0.1) is 13.2 Å². The van der Waals surface area contributed by atoms with E-state index in [1.54, 1.807) is 0 Å². The highest BCUT2D eigenvalue weighted by molar-refractivity contribution is 5.13. The lowest BCUT2D eigenvalue weighted by molar-refractivity contribution is 0.140. The van der Waals surface area contributed by atoms with Gasteiger partial charge in [-0.1, -0.05) is 133 Å². The molecule has 0 amide bonds. The van der Waals surface area contributed by atoms with E-state index in [9.17, 15) is 0 Å². The highest BCUT2D eigenvalue weighted by Crippen LogP contribution is 2.14. The Morgan fingerprint density at radius 1 is 0.704 bits per heavy atom. The Morgan fingerprint density at radius 3 is 1.70 bits per heavy atom. The monoisotopic (exact) mass is 372 g/mol. The molecule has 0 saturated carbocycles. The van der Waals surface area contributed by atoms with Crippen molar-refractivity contribution in [3.8, 4) is 0 Å². The van der Waals surface area contributed by atoms with Crippen LogP contribution < -0.4 is 0 Å². The molecule has 0 aliphatic carbocycles. The molecule has 0 bridgehead atoms. The third-order valence-corrected chi connectivity index (χ3v) is 5.30. The van der Waals surface area contributed by atoms with Crippen LogP contribution in [0.3, 0.4) is 0 Å². The van der Waals surface area contributed by atoms with Crippen molar-refractivity contribution in [3.05, 3.63) is 48.0 Å². The second-order valence-corrected chi connectivity index (χ2v) is 8.07. The third-order valence-electron chi connectivity index (χ3n) is 5.30. The zero-order valence-corrected chi connectivity index (χ0v) is 18.0. The Bertz CT molecular complexity index is 437. The highest BCUT2D eigenvalue weighted by atomic mass is 16.5. The number of ether oxygens (including phenoxy) is 1. The normalized spacial score (nSPS) is 11.0. The van der Waals surface area contributed by atoms with Gasteiger partial charge in [0.1, 0.15) is 0 Å². The molecule has 0 saturated heterocycles. The molecule has 154 valence electrons. The first-order valence-corrected chi connectivity index (χ1v) is 11.6. The molecule has 1 aromatic rings. The van der Waals surface area contributed by atoms with Crippen molar-refractivity contribution in [1.29, 1.82) is 0 Å². The average molecular weight is 373 g/mol. The summed E-state index contributed by atoms with van der Waals surface area (Å²) in [4.78, 5) is 0. The predicted molar refractivity (Wildman–Crippen MR) is 120 cm³/mol. The van der Waals surface area contributed by atoms with Crippen molar-refractivity contribution in [1.82, 2.24) is 0 Å². The van der Waals surface area contributed by atoms with E-state index in [0.717, 1.165) is 6.42 Å². The van der Waals surface area contributed by atoms with Crippen molar-refractivity contribution in [2.45, 2.75) is 110 Å². The van der Waals surface area contributed by atoms with E-state index in [-0.39, 0.29) is 0 Å². The van der Waals surface area contributed by atoms with Crippen molar-refractivity contribution in [2.75, 3.05) is 6.61 Å². The fraction of sp³-hybridized carbons (Fsp3) is 0.692. The van der Waals surface area contributed by atoms with Crippen LogP contribution in [0.15, 0.2) is 42.5 Å². The minimum atomic E-state index is 0.693. The second-order valence-electron chi connectivity index (χ2n) is 8.07. The summed E-state index contributed by atoms with van der Waals surface area (Å²) in [5.41, 5.74) is 2.48. The van der Waals surface area contributed by atoms with E-state index >= 15 is 0 Å². The molecule has 1 nitrogen and oxygen atoms in total. The minimum absolute atomic E-state index is 0.693. The minimum Gasteiger partial charge on any atom is -0.372 e. The topological polar surface area (TPSA) is 9.23 Å². The third kappa shape index (κ3) is 15.7. The van der Waals surface area contributed by atoms with Gasteiger partial charge in [0.25, 0.3) is 0 Å². The molecule has 0 atom stereocenters. The lowest BCUT2D eigenvalue weighted by atomic mass is 10.0. The summed E-state index contributed by atoms with van der Waals surface area (Å²) in [6.45, 7) is 7.84. The summed E-state index contributed by atoms with van der Waals surface area (Å²) in [6.07, 6.45) is 20.9. The van der Waals surface area contributed by atoms with Crippen molar-refractivity contribution in [3.63, 3.8) is 0 Å². The summed E-state index contributed by atoms with van der Waals surface area (Å²) < 4.78 is 5.75. The molecule has 0 aliphatic heterocycles. The molecule has 0 N–H and O–H groups in total. The number of hydrogen-bond acceptors (Lipinski definition) is 1. The lowest BCUT2D eigenvalue weighted by Crippen LogP contribution is -1.98. The Morgan fingerprint density at radius 2 is 1.19 bits per heavy atom. The van der Waals surface area contributed by atoms with Gasteiger partial charge in [0, 0.05) is 0 Å². The zero-order valence-electron chi connectivity index (χ0n) is 18.0. The SMILES string of the molecule is C=C(CCCCCCCCCCCCCCCC)COCc1ccccc1. The first kappa shape index (κ1) is 24.0. The second kappa shape index (κ2) is 18.3. The van der Waals surface area contributed by atoms with Crippen LogP contribution in [0.4, 0.5) is 0 Å². The summed E-state index contributed by atoms with van der Waals surface area (Å²) in [5, 5.41) is 0. The van der Waals surface area contributed by atoms with Crippen LogP contribution >= 0.6 is 0 Å². The van der Waals surface area contributed by atoms with Gasteiger partial charge >= 0.3 is 0 Å². The first-order chi connectivity index (χ1) is 13.3. The van der Waals surface area contributed by atoms with Gasteiger partial charge in [0.15, 0.2) is 0 Å². The molecular weight excluding hydrogens is 328 g/mol. The van der Waals surface area contributed by atoms with Crippen LogP contribution in [0.25, 0.3) is 0 Å². The smallest absolute Gasteiger partial charge is 0.0721 e. The van der Waals surface area contributed by atoms with Crippen molar-refractivity contribution >= 4 is 0 Å². The van der Waals surface area contributed by atoms with Gasteiger partial charge in [-0.2, -0.15) is 0 Å². The molecule has 1 heteroatoms. The van der Waals surface area contributed by atoms with Crippen LogP contribution in [0.1, 0.15) is 109 Å². The summed E-state index contributed by atoms with van der Waals surface area (Å²) in [7, 11) is 0. The number of benzene rings is 1. The molecule has 0 aliphatic rings. The van der Waals surface area contributed by atoms with Gasteiger partial charge in [-0.05, 0) is 18.4 Å². The van der Waals surface area contributed by atoms with Gasteiger partial charge in [-0.25, -0.2) is 0 Å². The van der Waals surface area contributed by atoms with E-state index < -0.39 is 0 Å². The fourth-order valence-electron chi connectivity index (χ4n) is 3.53. The average Bonchev–Trinajstić information content (AvgIpc) is 2.69. The van der Waals surface area contributed by atoms with Crippen LogP contribution in [0.5, 0.6) is 0 Å². The molecule has 0 aromatic heterocycles. The number of unbranched alkanes of at least 4 members (excludes halogenated alkanes) is 13. The standard InChI is InChI=1S/C26H44O/c1-3-4-5-6-7-8-9-10-11-12-13-14-15-17-20-25(2)23-27-24-26-21-18-16-19-22-26/h16,18-19,21-22H,2-15,17,20,23-24H2,1H3. The molecule has 0 heterocycles. The molecular formula is C26H44O. The number of rotatable bonds is 19. The Hall–Kier alpha value is -1.08. The molecule has 0 fully saturated rings. The maximum atomic E-state index is 5.75. The summed E-state index contributed by atoms with van der Waals surface area (Å²) in [6, 6.07) is 10.4. The molecule has 0 radical (unpaired) electrons. The number of hydrogen-bond donors (Lipinski definition) is 0. The molecule has 1 aromatic carbocycles. The molecule has 1 rings (SSSR count). The van der Waals surface area contributed by atoms with Crippen molar-refractivity contribution in [2.24, 2.45) is 0 Å². The maximum Gasteiger partial charge on any atom is 0.0721 e. The quantitative estimate of drug-likeness (QED) is 0.174. The highest BCUT2D eigenvalue weighted by Gasteiger charge is 1.98. The maximum absolute atomic E-state index is 5.75. The zero-order chi connectivity index (χ0) is 19.4. The van der Waals surface area contributed by atoms with Crippen LogP contribution in [-0.4, -0.2) is 6.61 Å². The predicted octanol–water partition coefficient (Wildman–Crippen LogP) is 8.63. The van der Waals surface area contributed by atoms with E-state index in [1.165, 1.54) is 101 Å². The van der Waals surface area contributed by atoms with E-state index in [0.29, 0.717) is 13.2 Å². The van der Waals surface area contributed by atoms with Crippen molar-refractivity contribution < 1.29 is 4.74 Å². The first-order valence-electron chi connectivity index (χ1n) is 11.6. The van der Waals surface area contributed by atoms with E-state index in [2.05, 4.69) is 37.8 Å². The van der Waals surface area contributed by atoms with Crippen LogP contribution in [-0.2, 0) is 11.3 Å².